The van der Waals surface area contributed by atoms with E-state index in [-0.39, 0.29) is 30.4 Å². The Morgan fingerprint density at radius 2 is 2.04 bits per heavy atom. The predicted molar refractivity (Wildman–Crippen MR) is 84.2 cm³/mol. The molecule has 1 fully saturated rings. The lowest BCUT2D eigenvalue weighted by molar-refractivity contribution is -0.147. The van der Waals surface area contributed by atoms with Gasteiger partial charge in [0.15, 0.2) is 5.78 Å². The predicted octanol–water partition coefficient (Wildman–Crippen LogP) is 1.80. The van der Waals surface area contributed by atoms with Gasteiger partial charge in [-0.3, -0.25) is 19.0 Å². The number of carbonyl (C=O) groups excluding carboxylic acids is 2. The highest BCUT2D eigenvalue weighted by Crippen LogP contribution is 2.34. The molecule has 0 aliphatic heterocycles. The average Bonchev–Trinajstić information content (AvgIpc) is 3.35. The van der Waals surface area contributed by atoms with E-state index < -0.39 is 5.97 Å². The fourth-order valence-electron chi connectivity index (χ4n) is 2.55. The van der Waals surface area contributed by atoms with Crippen LogP contribution in [0.5, 0.6) is 0 Å². The molecule has 2 aromatic rings. The molecular formula is C17H18N2O4. The SMILES string of the molecule is CC(=O)COC(=O)CCc1nc2ccccc2c(=O)n1C1CC1. The van der Waals surface area contributed by atoms with E-state index in [0.29, 0.717) is 23.1 Å². The first-order valence-electron chi connectivity index (χ1n) is 7.71. The van der Waals surface area contributed by atoms with Crippen LogP contribution in [-0.2, 0) is 20.7 Å². The molecule has 0 unspecified atom stereocenters. The van der Waals surface area contributed by atoms with Crippen molar-refractivity contribution in [2.75, 3.05) is 6.61 Å². The standard InChI is InChI=1S/C17H18N2O4/c1-11(20)10-23-16(21)9-8-15-18-14-5-3-2-4-13(14)17(22)19(15)12-6-7-12/h2-5,12H,6-10H2,1H3. The third-order valence-corrected chi connectivity index (χ3v) is 3.78. The lowest BCUT2D eigenvalue weighted by Crippen LogP contribution is -2.25. The summed E-state index contributed by atoms with van der Waals surface area (Å²) in [5, 5.41) is 0.599. The normalized spacial score (nSPS) is 14.0. The van der Waals surface area contributed by atoms with Crippen LogP contribution in [0.4, 0.5) is 0 Å². The number of esters is 1. The summed E-state index contributed by atoms with van der Waals surface area (Å²) in [7, 11) is 0. The first-order valence-corrected chi connectivity index (χ1v) is 7.71. The maximum Gasteiger partial charge on any atom is 0.306 e. The van der Waals surface area contributed by atoms with Gasteiger partial charge >= 0.3 is 5.97 Å². The molecule has 0 saturated heterocycles. The van der Waals surface area contributed by atoms with E-state index in [1.165, 1.54) is 6.92 Å². The van der Waals surface area contributed by atoms with Gasteiger partial charge in [-0.15, -0.1) is 0 Å². The van der Waals surface area contributed by atoms with E-state index in [1.807, 2.05) is 12.1 Å². The number of rotatable bonds is 6. The second-order valence-electron chi connectivity index (χ2n) is 5.81. The Labute approximate surface area is 133 Å². The molecule has 0 spiro atoms. The van der Waals surface area contributed by atoms with Crippen LogP contribution in [0, 0.1) is 0 Å². The first-order chi connectivity index (χ1) is 11.1. The van der Waals surface area contributed by atoms with Gasteiger partial charge in [-0.25, -0.2) is 4.98 Å². The van der Waals surface area contributed by atoms with Gasteiger partial charge in [0.2, 0.25) is 0 Å². The largest absolute Gasteiger partial charge is 0.458 e. The van der Waals surface area contributed by atoms with Crippen LogP contribution in [-0.4, -0.2) is 27.9 Å². The molecule has 0 amide bonds. The average molecular weight is 314 g/mol. The summed E-state index contributed by atoms with van der Waals surface area (Å²) in [6, 6.07) is 7.41. The number of benzene rings is 1. The Hall–Kier alpha value is -2.50. The minimum atomic E-state index is -0.454. The minimum Gasteiger partial charge on any atom is -0.458 e. The highest BCUT2D eigenvalue weighted by Gasteiger charge is 2.28. The Kier molecular flexibility index (Phi) is 4.23. The molecule has 0 N–H and O–H groups in total. The Balaban J connectivity index is 1.85. The van der Waals surface area contributed by atoms with E-state index >= 15 is 0 Å². The number of aromatic nitrogens is 2. The van der Waals surface area contributed by atoms with Crippen LogP contribution in [0.25, 0.3) is 10.9 Å². The van der Waals surface area contributed by atoms with Gasteiger partial charge in [0.1, 0.15) is 12.4 Å². The van der Waals surface area contributed by atoms with Crippen molar-refractivity contribution in [1.82, 2.24) is 9.55 Å². The zero-order valence-corrected chi connectivity index (χ0v) is 12.9. The molecule has 1 aliphatic carbocycles. The number of ketones is 1. The van der Waals surface area contributed by atoms with E-state index in [4.69, 9.17) is 4.74 Å². The van der Waals surface area contributed by atoms with Gasteiger partial charge in [-0.1, -0.05) is 12.1 Å². The smallest absolute Gasteiger partial charge is 0.306 e. The number of hydrogen-bond acceptors (Lipinski definition) is 5. The number of para-hydroxylation sites is 1. The number of nitrogens with zero attached hydrogens (tertiary/aromatic N) is 2. The number of carbonyl (C=O) groups is 2. The quantitative estimate of drug-likeness (QED) is 0.760. The summed E-state index contributed by atoms with van der Waals surface area (Å²) in [6.45, 7) is 1.16. The molecule has 1 aromatic carbocycles. The van der Waals surface area contributed by atoms with Crippen LogP contribution in [0.15, 0.2) is 29.1 Å². The molecular weight excluding hydrogens is 296 g/mol. The third-order valence-electron chi connectivity index (χ3n) is 3.78. The third kappa shape index (κ3) is 3.47. The number of ether oxygens (including phenoxy) is 1. The molecule has 6 heteroatoms. The van der Waals surface area contributed by atoms with Crippen molar-refractivity contribution in [1.29, 1.82) is 0 Å². The number of hydrogen-bond donors (Lipinski definition) is 0. The fraction of sp³-hybridized carbons (Fsp3) is 0.412. The van der Waals surface area contributed by atoms with Crippen molar-refractivity contribution in [3.05, 3.63) is 40.4 Å². The number of Topliss-reactive ketones (excluding diaryl/α,β-unsaturated/α-hetero) is 1. The molecule has 23 heavy (non-hydrogen) atoms. The summed E-state index contributed by atoms with van der Waals surface area (Å²) >= 11 is 0. The van der Waals surface area contributed by atoms with Crippen molar-refractivity contribution in [3.63, 3.8) is 0 Å². The summed E-state index contributed by atoms with van der Waals surface area (Å²) < 4.78 is 6.56. The molecule has 6 nitrogen and oxygen atoms in total. The van der Waals surface area contributed by atoms with Crippen molar-refractivity contribution in [3.8, 4) is 0 Å². The summed E-state index contributed by atoms with van der Waals surface area (Å²) in [5.41, 5.74) is 0.590. The molecule has 0 radical (unpaired) electrons. The maximum absolute atomic E-state index is 12.7. The first kappa shape index (κ1) is 15.4. The zero-order chi connectivity index (χ0) is 16.4. The monoisotopic (exact) mass is 314 g/mol. The van der Waals surface area contributed by atoms with Gasteiger partial charge in [0, 0.05) is 12.5 Å². The lowest BCUT2D eigenvalue weighted by atomic mass is 10.2. The van der Waals surface area contributed by atoms with E-state index in [0.717, 1.165) is 12.8 Å². The van der Waals surface area contributed by atoms with Gasteiger partial charge in [-0.05, 0) is 31.9 Å². The topological polar surface area (TPSA) is 78.3 Å². The molecule has 1 aliphatic rings. The number of fused-ring (bicyclic) bond motifs is 1. The summed E-state index contributed by atoms with van der Waals surface area (Å²) in [4.78, 5) is 39.7. The van der Waals surface area contributed by atoms with Crippen LogP contribution in [0.2, 0.25) is 0 Å². The Morgan fingerprint density at radius 3 is 2.74 bits per heavy atom. The maximum atomic E-state index is 12.7. The van der Waals surface area contributed by atoms with Crippen molar-refractivity contribution in [2.45, 2.75) is 38.6 Å². The second kappa shape index (κ2) is 6.32. The van der Waals surface area contributed by atoms with Gasteiger partial charge < -0.3 is 4.74 Å². The summed E-state index contributed by atoms with van der Waals surface area (Å²) in [6.07, 6.45) is 2.35. The molecule has 1 aromatic heterocycles. The molecule has 0 atom stereocenters. The van der Waals surface area contributed by atoms with Gasteiger partial charge in [0.05, 0.1) is 17.3 Å². The molecule has 0 bridgehead atoms. The van der Waals surface area contributed by atoms with E-state index in [2.05, 4.69) is 4.98 Å². The second-order valence-corrected chi connectivity index (χ2v) is 5.81. The molecule has 1 heterocycles. The van der Waals surface area contributed by atoms with E-state index in [1.54, 1.807) is 16.7 Å². The highest BCUT2D eigenvalue weighted by molar-refractivity contribution is 5.80. The van der Waals surface area contributed by atoms with Crippen LogP contribution in [0.1, 0.15) is 38.1 Å². The highest BCUT2D eigenvalue weighted by atomic mass is 16.5. The van der Waals surface area contributed by atoms with Crippen LogP contribution in [0.3, 0.4) is 0 Å². The van der Waals surface area contributed by atoms with Gasteiger partial charge in [0.25, 0.3) is 5.56 Å². The zero-order valence-electron chi connectivity index (χ0n) is 12.9. The minimum absolute atomic E-state index is 0.0507. The Morgan fingerprint density at radius 1 is 1.30 bits per heavy atom. The number of aryl methyl sites for hydroxylation is 1. The van der Waals surface area contributed by atoms with Crippen LogP contribution < -0.4 is 5.56 Å². The van der Waals surface area contributed by atoms with Gasteiger partial charge in [-0.2, -0.15) is 0 Å². The fourth-order valence-corrected chi connectivity index (χ4v) is 2.55. The van der Waals surface area contributed by atoms with Crippen molar-refractivity contribution in [2.24, 2.45) is 0 Å². The van der Waals surface area contributed by atoms with E-state index in [9.17, 15) is 14.4 Å². The Bertz CT molecular complexity index is 821. The lowest BCUT2D eigenvalue weighted by Gasteiger charge is -2.12. The molecule has 3 rings (SSSR count). The van der Waals surface area contributed by atoms with Crippen molar-refractivity contribution >= 4 is 22.7 Å². The van der Waals surface area contributed by atoms with Crippen molar-refractivity contribution < 1.29 is 14.3 Å². The summed E-state index contributed by atoms with van der Waals surface area (Å²) in [5.74, 6) is -0.0435. The molecule has 120 valence electrons. The molecule has 1 saturated carbocycles. The van der Waals surface area contributed by atoms with Crippen LogP contribution >= 0.6 is 0 Å².